The standard InChI is InChI=1S/C18H21FN2O3S2/c1-12-5-7-15(10-16(12)19)20-18(22)14-4-3-9-21(11-14)26(23,24)17-8-6-13(2)25-17/h5-8,10,14H,3-4,9,11H2,1-2H3,(H,20,22). The third-order valence-electron chi connectivity index (χ3n) is 4.50. The first kappa shape index (κ1) is 19.0. The predicted molar refractivity (Wildman–Crippen MR) is 100 cm³/mol. The summed E-state index contributed by atoms with van der Waals surface area (Å²) in [7, 11) is -3.58. The van der Waals surface area contributed by atoms with Crippen LogP contribution in [0.4, 0.5) is 10.1 Å². The molecule has 8 heteroatoms. The Hall–Kier alpha value is -1.77. The van der Waals surface area contributed by atoms with E-state index in [2.05, 4.69) is 5.32 Å². The number of carbonyl (C=O) groups is 1. The van der Waals surface area contributed by atoms with Crippen molar-refractivity contribution in [1.82, 2.24) is 4.31 Å². The van der Waals surface area contributed by atoms with E-state index < -0.39 is 15.9 Å². The summed E-state index contributed by atoms with van der Waals surface area (Å²) in [5.74, 6) is -1.12. The van der Waals surface area contributed by atoms with Gasteiger partial charge in [0.2, 0.25) is 5.91 Å². The fourth-order valence-corrected chi connectivity index (χ4v) is 5.93. The molecule has 5 nitrogen and oxygen atoms in total. The number of piperidine rings is 1. The second kappa shape index (κ2) is 7.46. The highest BCUT2D eigenvalue weighted by atomic mass is 32.2. The SMILES string of the molecule is Cc1ccc(S(=O)(=O)N2CCCC(C(=O)Nc3ccc(C)c(F)c3)C2)s1. The Morgan fingerprint density at radius 3 is 2.69 bits per heavy atom. The zero-order valence-corrected chi connectivity index (χ0v) is 16.3. The summed E-state index contributed by atoms with van der Waals surface area (Å²) in [4.78, 5) is 13.5. The normalized spacial score (nSPS) is 18.7. The van der Waals surface area contributed by atoms with Gasteiger partial charge in [0, 0.05) is 23.7 Å². The average molecular weight is 397 g/mol. The first-order valence-corrected chi connectivity index (χ1v) is 10.7. The van der Waals surface area contributed by atoms with Crippen LogP contribution in [0, 0.1) is 25.6 Å². The minimum absolute atomic E-state index is 0.138. The second-order valence-electron chi connectivity index (χ2n) is 6.52. The third kappa shape index (κ3) is 3.97. The molecule has 2 aromatic rings. The van der Waals surface area contributed by atoms with Gasteiger partial charge in [0.15, 0.2) is 0 Å². The van der Waals surface area contributed by atoms with Crippen LogP contribution in [0.15, 0.2) is 34.5 Å². The number of hydrogen-bond donors (Lipinski definition) is 1. The van der Waals surface area contributed by atoms with Gasteiger partial charge in [-0.3, -0.25) is 4.79 Å². The zero-order valence-electron chi connectivity index (χ0n) is 14.7. The summed E-state index contributed by atoms with van der Waals surface area (Å²) >= 11 is 1.23. The Kier molecular flexibility index (Phi) is 5.45. The number of thiophene rings is 1. The topological polar surface area (TPSA) is 66.5 Å². The van der Waals surface area contributed by atoms with Crippen LogP contribution in [-0.4, -0.2) is 31.7 Å². The smallest absolute Gasteiger partial charge is 0.252 e. The molecule has 1 saturated heterocycles. The van der Waals surface area contributed by atoms with Crippen LogP contribution >= 0.6 is 11.3 Å². The highest BCUT2D eigenvalue weighted by molar-refractivity contribution is 7.91. The molecule has 3 rings (SSSR count). The summed E-state index contributed by atoms with van der Waals surface area (Å²) in [6, 6.07) is 7.90. The Bertz CT molecular complexity index is 924. The minimum Gasteiger partial charge on any atom is -0.326 e. The highest BCUT2D eigenvalue weighted by Crippen LogP contribution is 2.28. The molecule has 1 aromatic carbocycles. The second-order valence-corrected chi connectivity index (χ2v) is 9.97. The molecule has 0 aliphatic carbocycles. The van der Waals surface area contributed by atoms with Gasteiger partial charge in [0.25, 0.3) is 10.0 Å². The van der Waals surface area contributed by atoms with E-state index in [9.17, 15) is 17.6 Å². The molecular weight excluding hydrogens is 375 g/mol. The van der Waals surface area contributed by atoms with E-state index in [1.165, 1.54) is 21.7 Å². The lowest BCUT2D eigenvalue weighted by Crippen LogP contribution is -2.43. The van der Waals surface area contributed by atoms with Crippen LogP contribution in [0.2, 0.25) is 0 Å². The number of benzene rings is 1. The first-order valence-electron chi connectivity index (χ1n) is 8.41. The van der Waals surface area contributed by atoms with Crippen LogP contribution in [0.5, 0.6) is 0 Å². The monoisotopic (exact) mass is 396 g/mol. The number of nitrogens with zero attached hydrogens (tertiary/aromatic N) is 1. The van der Waals surface area contributed by atoms with Gasteiger partial charge in [0.05, 0.1) is 5.92 Å². The Labute approximate surface area is 156 Å². The minimum atomic E-state index is -3.58. The maximum Gasteiger partial charge on any atom is 0.252 e. The summed E-state index contributed by atoms with van der Waals surface area (Å²) in [6.45, 7) is 4.05. The molecule has 1 amide bonds. The molecule has 0 radical (unpaired) electrons. The molecule has 1 aliphatic rings. The zero-order chi connectivity index (χ0) is 18.9. The van der Waals surface area contributed by atoms with E-state index in [0.29, 0.717) is 34.8 Å². The van der Waals surface area contributed by atoms with Crippen molar-refractivity contribution in [3.63, 3.8) is 0 Å². The Morgan fingerprint density at radius 1 is 1.27 bits per heavy atom. The maximum atomic E-state index is 13.6. The van der Waals surface area contributed by atoms with E-state index >= 15 is 0 Å². The molecule has 1 fully saturated rings. The number of hydrogen-bond acceptors (Lipinski definition) is 4. The molecule has 1 atom stereocenters. The van der Waals surface area contributed by atoms with Crippen molar-refractivity contribution < 1.29 is 17.6 Å². The van der Waals surface area contributed by atoms with E-state index in [0.717, 1.165) is 4.88 Å². The number of halogens is 1. The Morgan fingerprint density at radius 2 is 2.04 bits per heavy atom. The van der Waals surface area contributed by atoms with Crippen LogP contribution in [0.1, 0.15) is 23.3 Å². The molecule has 140 valence electrons. The lowest BCUT2D eigenvalue weighted by atomic mass is 9.98. The van der Waals surface area contributed by atoms with Gasteiger partial charge < -0.3 is 5.32 Å². The first-order chi connectivity index (χ1) is 12.3. The van der Waals surface area contributed by atoms with Crippen molar-refractivity contribution in [2.24, 2.45) is 5.92 Å². The molecule has 0 saturated carbocycles. The van der Waals surface area contributed by atoms with Crippen LogP contribution < -0.4 is 5.32 Å². The largest absolute Gasteiger partial charge is 0.326 e. The van der Waals surface area contributed by atoms with Crippen molar-refractivity contribution in [1.29, 1.82) is 0 Å². The number of aryl methyl sites for hydroxylation is 2. The molecular formula is C18H21FN2O3S2. The van der Waals surface area contributed by atoms with Gasteiger partial charge in [-0.15, -0.1) is 11.3 Å². The number of sulfonamides is 1. The molecule has 1 aromatic heterocycles. The summed E-state index contributed by atoms with van der Waals surface area (Å²) in [5.41, 5.74) is 0.885. The number of nitrogens with one attached hydrogen (secondary N) is 1. The van der Waals surface area contributed by atoms with Crippen molar-refractivity contribution >= 4 is 33.0 Å². The molecule has 0 bridgehead atoms. The number of anilines is 1. The molecule has 2 heterocycles. The molecule has 1 unspecified atom stereocenters. The van der Waals surface area contributed by atoms with E-state index in [1.807, 2.05) is 6.92 Å². The van der Waals surface area contributed by atoms with Crippen molar-refractivity contribution in [3.05, 3.63) is 46.6 Å². The van der Waals surface area contributed by atoms with Crippen LogP contribution in [-0.2, 0) is 14.8 Å². The van der Waals surface area contributed by atoms with Crippen LogP contribution in [0.25, 0.3) is 0 Å². The fourth-order valence-electron chi connectivity index (χ4n) is 2.97. The van der Waals surface area contributed by atoms with Gasteiger partial charge in [-0.25, -0.2) is 12.8 Å². The van der Waals surface area contributed by atoms with Crippen molar-refractivity contribution in [2.75, 3.05) is 18.4 Å². The maximum absolute atomic E-state index is 13.6. The molecule has 0 spiro atoms. The number of rotatable bonds is 4. The lowest BCUT2D eigenvalue weighted by molar-refractivity contribution is -0.120. The average Bonchev–Trinajstić information content (AvgIpc) is 3.05. The third-order valence-corrected chi connectivity index (χ3v) is 7.84. The lowest BCUT2D eigenvalue weighted by Gasteiger charge is -2.30. The number of amides is 1. The fraction of sp³-hybridized carbons (Fsp3) is 0.389. The predicted octanol–water partition coefficient (Wildman–Crippen LogP) is 3.54. The van der Waals surface area contributed by atoms with E-state index in [4.69, 9.17) is 0 Å². The van der Waals surface area contributed by atoms with Crippen LogP contribution in [0.3, 0.4) is 0 Å². The Balaban J connectivity index is 1.71. The molecule has 1 N–H and O–H groups in total. The van der Waals surface area contributed by atoms with Gasteiger partial charge in [-0.05, 0) is 56.5 Å². The highest BCUT2D eigenvalue weighted by Gasteiger charge is 2.34. The van der Waals surface area contributed by atoms with Gasteiger partial charge >= 0.3 is 0 Å². The van der Waals surface area contributed by atoms with Crippen molar-refractivity contribution in [3.8, 4) is 0 Å². The van der Waals surface area contributed by atoms with E-state index in [-0.39, 0.29) is 18.3 Å². The molecule has 1 aliphatic heterocycles. The van der Waals surface area contributed by atoms with Gasteiger partial charge in [0.1, 0.15) is 10.0 Å². The summed E-state index contributed by atoms with van der Waals surface area (Å²) < 4.78 is 40.8. The van der Waals surface area contributed by atoms with Crippen molar-refractivity contribution in [2.45, 2.75) is 30.9 Å². The number of carbonyl (C=O) groups excluding carboxylic acids is 1. The molecule has 26 heavy (non-hydrogen) atoms. The summed E-state index contributed by atoms with van der Waals surface area (Å²) in [5, 5.41) is 2.70. The summed E-state index contributed by atoms with van der Waals surface area (Å²) in [6.07, 6.45) is 1.22. The van der Waals surface area contributed by atoms with E-state index in [1.54, 1.807) is 31.2 Å². The van der Waals surface area contributed by atoms with Gasteiger partial charge in [-0.1, -0.05) is 6.07 Å². The van der Waals surface area contributed by atoms with Gasteiger partial charge in [-0.2, -0.15) is 4.31 Å². The quantitative estimate of drug-likeness (QED) is 0.860.